The highest BCUT2D eigenvalue weighted by atomic mass is 28.4. The summed E-state index contributed by atoms with van der Waals surface area (Å²) in [5, 5.41) is 12.8. The SMILES string of the molecule is CC(C)(C)OC(=O)N[C@H](CO)[C@@H](O[Si](C)(C)C(C)(C)C)c1ccccc1. The molecule has 148 valence electrons. The fraction of sp³-hybridized carbons (Fsp3) is 0.650. The van der Waals surface area contributed by atoms with E-state index in [-0.39, 0.29) is 11.6 Å². The molecule has 0 saturated carbocycles. The number of rotatable bonds is 6. The van der Waals surface area contributed by atoms with Gasteiger partial charge in [-0.1, -0.05) is 51.1 Å². The monoisotopic (exact) mass is 381 g/mol. The van der Waals surface area contributed by atoms with Crippen molar-refractivity contribution in [3.05, 3.63) is 35.9 Å². The summed E-state index contributed by atoms with van der Waals surface area (Å²) in [5.41, 5.74) is 0.319. The molecule has 0 aliphatic carbocycles. The van der Waals surface area contributed by atoms with Gasteiger partial charge in [0.1, 0.15) is 5.60 Å². The first-order valence-corrected chi connectivity index (χ1v) is 12.0. The van der Waals surface area contributed by atoms with E-state index in [2.05, 4.69) is 39.2 Å². The maximum atomic E-state index is 12.2. The highest BCUT2D eigenvalue weighted by Gasteiger charge is 2.41. The second-order valence-electron chi connectivity index (χ2n) is 9.14. The van der Waals surface area contributed by atoms with Crippen LogP contribution in [0, 0.1) is 0 Å². The first kappa shape index (κ1) is 22.7. The molecule has 2 atom stereocenters. The molecular weight excluding hydrogens is 346 g/mol. The number of hydrogen-bond donors (Lipinski definition) is 2. The van der Waals surface area contributed by atoms with Crippen molar-refractivity contribution in [1.29, 1.82) is 0 Å². The van der Waals surface area contributed by atoms with E-state index in [1.54, 1.807) is 20.8 Å². The van der Waals surface area contributed by atoms with Gasteiger partial charge in [-0.15, -0.1) is 0 Å². The Hall–Kier alpha value is -1.37. The maximum Gasteiger partial charge on any atom is 0.408 e. The fourth-order valence-electron chi connectivity index (χ4n) is 2.20. The molecule has 1 amide bonds. The van der Waals surface area contributed by atoms with Gasteiger partial charge in [0.05, 0.1) is 18.8 Å². The second kappa shape index (κ2) is 8.54. The van der Waals surface area contributed by atoms with Gasteiger partial charge in [0.2, 0.25) is 0 Å². The lowest BCUT2D eigenvalue weighted by Gasteiger charge is -2.41. The Kier molecular flexibility index (Phi) is 7.45. The first-order valence-electron chi connectivity index (χ1n) is 9.10. The van der Waals surface area contributed by atoms with E-state index in [0.717, 1.165) is 5.56 Å². The number of aliphatic hydroxyl groups is 1. The van der Waals surface area contributed by atoms with Gasteiger partial charge in [0.25, 0.3) is 0 Å². The number of hydrogen-bond acceptors (Lipinski definition) is 4. The van der Waals surface area contributed by atoms with Gasteiger partial charge < -0.3 is 19.6 Å². The van der Waals surface area contributed by atoms with Crippen LogP contribution in [0.25, 0.3) is 0 Å². The van der Waals surface area contributed by atoms with Crippen molar-refractivity contribution in [2.45, 2.75) is 77.4 Å². The van der Waals surface area contributed by atoms with Gasteiger partial charge in [0.15, 0.2) is 8.32 Å². The van der Waals surface area contributed by atoms with Crippen molar-refractivity contribution >= 4 is 14.4 Å². The first-order chi connectivity index (χ1) is 11.8. The summed E-state index contributed by atoms with van der Waals surface area (Å²) in [6.07, 6.45) is -1.01. The van der Waals surface area contributed by atoms with E-state index in [1.807, 2.05) is 30.3 Å². The molecule has 0 aromatic heterocycles. The molecule has 0 bridgehead atoms. The fourth-order valence-corrected chi connectivity index (χ4v) is 3.48. The molecule has 0 aliphatic heterocycles. The van der Waals surface area contributed by atoms with Gasteiger partial charge in [-0.25, -0.2) is 4.79 Å². The van der Waals surface area contributed by atoms with E-state index >= 15 is 0 Å². The van der Waals surface area contributed by atoms with Gasteiger partial charge in [-0.3, -0.25) is 0 Å². The Labute approximate surface area is 159 Å². The van der Waals surface area contributed by atoms with Gasteiger partial charge in [0, 0.05) is 0 Å². The summed E-state index contributed by atoms with van der Waals surface area (Å²) in [6.45, 7) is 16.0. The van der Waals surface area contributed by atoms with Crippen LogP contribution in [0.1, 0.15) is 53.2 Å². The average Bonchev–Trinajstić information content (AvgIpc) is 2.48. The number of carbonyl (C=O) groups excluding carboxylic acids is 1. The molecule has 0 radical (unpaired) electrons. The molecule has 1 aromatic rings. The smallest absolute Gasteiger partial charge is 0.408 e. The molecule has 0 unspecified atom stereocenters. The van der Waals surface area contributed by atoms with Crippen LogP contribution in [0.5, 0.6) is 0 Å². The number of amides is 1. The van der Waals surface area contributed by atoms with Crippen molar-refractivity contribution in [2.75, 3.05) is 6.61 Å². The van der Waals surface area contributed by atoms with Gasteiger partial charge >= 0.3 is 6.09 Å². The summed E-state index contributed by atoms with van der Waals surface area (Å²) >= 11 is 0. The summed E-state index contributed by atoms with van der Waals surface area (Å²) in [6, 6.07) is 9.11. The average molecular weight is 382 g/mol. The lowest BCUT2D eigenvalue weighted by atomic mass is 10.0. The predicted molar refractivity (Wildman–Crippen MR) is 108 cm³/mol. The maximum absolute atomic E-state index is 12.2. The molecule has 1 rings (SSSR count). The van der Waals surface area contributed by atoms with Crippen LogP contribution in [0.4, 0.5) is 4.79 Å². The van der Waals surface area contributed by atoms with Gasteiger partial charge in [-0.05, 0) is 44.5 Å². The van der Waals surface area contributed by atoms with Crippen LogP contribution in [-0.4, -0.2) is 37.8 Å². The van der Waals surface area contributed by atoms with Crippen LogP contribution >= 0.6 is 0 Å². The Morgan fingerprint density at radius 3 is 2.08 bits per heavy atom. The summed E-state index contributed by atoms with van der Waals surface area (Å²) in [4.78, 5) is 12.2. The molecule has 6 heteroatoms. The normalized spacial score (nSPS) is 15.3. The third-order valence-corrected chi connectivity index (χ3v) is 9.08. The minimum atomic E-state index is -2.13. The largest absolute Gasteiger partial charge is 0.444 e. The molecule has 0 spiro atoms. The number of ether oxygens (including phenoxy) is 1. The molecule has 0 aliphatic rings. The second-order valence-corrected chi connectivity index (χ2v) is 13.9. The van der Waals surface area contributed by atoms with Crippen LogP contribution in [0.15, 0.2) is 30.3 Å². The van der Waals surface area contributed by atoms with E-state index in [9.17, 15) is 9.90 Å². The van der Waals surface area contributed by atoms with E-state index < -0.39 is 32.2 Å². The summed E-state index contributed by atoms with van der Waals surface area (Å²) in [5.74, 6) is 0. The lowest BCUT2D eigenvalue weighted by molar-refractivity contribution is 0.0368. The van der Waals surface area contributed by atoms with Crippen molar-refractivity contribution in [2.24, 2.45) is 0 Å². The van der Waals surface area contributed by atoms with E-state index in [4.69, 9.17) is 9.16 Å². The molecule has 0 heterocycles. The van der Waals surface area contributed by atoms with Gasteiger partial charge in [-0.2, -0.15) is 0 Å². The molecule has 2 N–H and O–H groups in total. The van der Waals surface area contributed by atoms with Crippen LogP contribution in [-0.2, 0) is 9.16 Å². The number of benzene rings is 1. The van der Waals surface area contributed by atoms with Crippen LogP contribution in [0.2, 0.25) is 18.1 Å². The topological polar surface area (TPSA) is 67.8 Å². The number of carbonyl (C=O) groups is 1. The highest BCUT2D eigenvalue weighted by Crippen LogP contribution is 2.40. The van der Waals surface area contributed by atoms with Crippen molar-refractivity contribution in [1.82, 2.24) is 5.32 Å². The zero-order valence-electron chi connectivity index (χ0n) is 17.4. The van der Waals surface area contributed by atoms with Crippen LogP contribution in [0.3, 0.4) is 0 Å². The molecular formula is C20H35NO4Si. The van der Waals surface area contributed by atoms with E-state index in [0.29, 0.717) is 0 Å². The zero-order valence-corrected chi connectivity index (χ0v) is 18.4. The van der Waals surface area contributed by atoms with Crippen LogP contribution < -0.4 is 5.32 Å². The Morgan fingerprint density at radius 2 is 1.65 bits per heavy atom. The number of alkyl carbamates (subject to hydrolysis) is 1. The zero-order chi connectivity index (χ0) is 20.2. The third kappa shape index (κ3) is 6.74. The lowest BCUT2D eigenvalue weighted by Crippen LogP contribution is -2.50. The standard InChI is InChI=1S/C20H35NO4Si/c1-19(2,3)24-18(23)21-16(14-22)17(15-12-10-9-11-13-15)25-26(7,8)20(4,5)6/h9-13,16-17,22H,14H2,1-8H3,(H,21,23)/t16-,17+/m1/s1. The molecule has 26 heavy (non-hydrogen) atoms. The molecule has 0 saturated heterocycles. The third-order valence-electron chi connectivity index (χ3n) is 4.62. The Balaban J connectivity index is 3.12. The minimum Gasteiger partial charge on any atom is -0.444 e. The highest BCUT2D eigenvalue weighted by molar-refractivity contribution is 6.74. The predicted octanol–water partition coefficient (Wildman–Crippen LogP) is 4.64. The molecule has 0 fully saturated rings. The quantitative estimate of drug-likeness (QED) is 0.705. The number of nitrogens with one attached hydrogen (secondary N) is 1. The molecule has 5 nitrogen and oxygen atoms in total. The summed E-state index contributed by atoms with van der Waals surface area (Å²) < 4.78 is 11.9. The number of aliphatic hydroxyl groups excluding tert-OH is 1. The molecule has 1 aromatic carbocycles. The summed E-state index contributed by atoms with van der Waals surface area (Å²) in [7, 11) is -2.13. The Morgan fingerprint density at radius 1 is 1.12 bits per heavy atom. The van der Waals surface area contributed by atoms with Crippen molar-refractivity contribution < 1.29 is 19.1 Å². The minimum absolute atomic E-state index is 0.00591. The van der Waals surface area contributed by atoms with Crippen molar-refractivity contribution in [3.8, 4) is 0 Å². The van der Waals surface area contributed by atoms with Crippen molar-refractivity contribution in [3.63, 3.8) is 0 Å². The Bertz CT molecular complexity index is 576. The van der Waals surface area contributed by atoms with E-state index in [1.165, 1.54) is 0 Å².